The molecule has 2 radical (unpaired) electrons. The maximum atomic E-state index is 12.0. The summed E-state index contributed by atoms with van der Waals surface area (Å²) in [4.78, 5) is 35.8. The molecule has 7 nitrogen and oxygen atoms in total. The van der Waals surface area contributed by atoms with Gasteiger partial charge in [-0.25, -0.2) is 0 Å². The molecule has 28 heavy (non-hydrogen) atoms. The number of amides is 3. The molecule has 0 fully saturated rings. The maximum Gasteiger partial charge on any atom is 0.298 e. The average Bonchev–Trinajstić information content (AvgIpc) is 2.63. The molecule has 1 aromatic rings. The second-order valence-corrected chi connectivity index (χ2v) is 10.3. The molecule has 3 N–H and O–H groups in total. The molecule has 1 atom stereocenters. The highest BCUT2D eigenvalue weighted by Gasteiger charge is 2.18. The summed E-state index contributed by atoms with van der Waals surface area (Å²) >= 11 is 0.785. The van der Waals surface area contributed by atoms with Gasteiger partial charge in [-0.15, -0.1) is 0 Å². The highest BCUT2D eigenvalue weighted by atomic mass is 32.2. The van der Waals surface area contributed by atoms with Gasteiger partial charge in [0.15, 0.2) is 0 Å². The van der Waals surface area contributed by atoms with Gasteiger partial charge in [0.2, 0.25) is 21.6 Å². The van der Waals surface area contributed by atoms with Crippen LogP contribution in [0.5, 0.6) is 0 Å². The number of carbonyl (C=O) groups is 3. The largest absolute Gasteiger partial charge is 0.416 e. The minimum atomic E-state index is -0.503. The number of carbonyl (C=O) groups excluding carboxylic acids is 3. The van der Waals surface area contributed by atoms with Crippen LogP contribution in [0.25, 0.3) is 0 Å². The number of nitrogens with one attached hydrogen (secondary N) is 3. The Labute approximate surface area is 173 Å². The van der Waals surface area contributed by atoms with Crippen LogP contribution < -0.4 is 16.2 Å². The van der Waals surface area contributed by atoms with Crippen molar-refractivity contribution >= 4 is 44.3 Å². The third-order valence-corrected chi connectivity index (χ3v) is 5.15. The number of thioether (sulfide) groups is 1. The number of hydrogen-bond acceptors (Lipinski definition) is 5. The molecule has 9 heteroatoms. The van der Waals surface area contributed by atoms with E-state index in [4.69, 9.17) is 4.43 Å². The van der Waals surface area contributed by atoms with Gasteiger partial charge in [0.25, 0.3) is 5.24 Å². The minimum absolute atomic E-state index is 0.0505. The summed E-state index contributed by atoms with van der Waals surface area (Å²) < 4.78 is 5.54. The first-order valence-electron chi connectivity index (χ1n) is 9.11. The zero-order valence-electron chi connectivity index (χ0n) is 17.0. The molecular weight excluding hydrogens is 394 g/mol. The SMILES string of the molecule is CCc1ccccc1NC(=O)CSC(=O)NNC(=O)[C@H](C)CO[Si]C(C)(C)C. The van der Waals surface area contributed by atoms with Crippen molar-refractivity contribution in [2.75, 3.05) is 17.7 Å². The number of anilines is 1. The number of rotatable bonds is 8. The molecule has 0 unspecified atom stereocenters. The summed E-state index contributed by atoms with van der Waals surface area (Å²) in [6.45, 7) is 10.2. The Kier molecular flexibility index (Phi) is 10.3. The summed E-state index contributed by atoms with van der Waals surface area (Å²) in [5.41, 5.74) is 6.43. The van der Waals surface area contributed by atoms with E-state index in [1.54, 1.807) is 6.92 Å². The Morgan fingerprint density at radius 1 is 1.18 bits per heavy atom. The summed E-state index contributed by atoms with van der Waals surface area (Å²) in [7, 11) is 0.292. The predicted molar refractivity (Wildman–Crippen MR) is 114 cm³/mol. The number of benzene rings is 1. The minimum Gasteiger partial charge on any atom is -0.416 e. The second kappa shape index (κ2) is 11.9. The van der Waals surface area contributed by atoms with E-state index in [0.29, 0.717) is 9.76 Å². The van der Waals surface area contributed by atoms with E-state index >= 15 is 0 Å². The van der Waals surface area contributed by atoms with Crippen LogP contribution in [0.2, 0.25) is 5.04 Å². The van der Waals surface area contributed by atoms with Gasteiger partial charge in [-0.3, -0.25) is 25.2 Å². The smallest absolute Gasteiger partial charge is 0.298 e. The molecule has 0 aliphatic carbocycles. The quantitative estimate of drug-likeness (QED) is 0.441. The van der Waals surface area contributed by atoms with E-state index in [1.807, 2.05) is 31.2 Å². The van der Waals surface area contributed by atoms with Crippen molar-refractivity contribution in [2.24, 2.45) is 5.92 Å². The first kappa shape index (κ1) is 24.2. The maximum absolute atomic E-state index is 12.0. The molecule has 3 amide bonds. The van der Waals surface area contributed by atoms with Crippen molar-refractivity contribution in [3.63, 3.8) is 0 Å². The standard InChI is InChI=1S/C19H29N3O4SSi/c1-6-14-9-7-8-10-15(14)20-16(23)12-27-18(25)22-21-17(24)13(2)11-26-28-19(3,4)5/h7-10,13H,6,11-12H2,1-5H3,(H,20,23)(H,21,24)(H,22,25)/t13-/m1/s1. The highest BCUT2D eigenvalue weighted by Crippen LogP contribution is 2.20. The fraction of sp³-hybridized carbons (Fsp3) is 0.526. The van der Waals surface area contributed by atoms with Gasteiger partial charge in [-0.1, -0.05) is 64.6 Å². The van der Waals surface area contributed by atoms with Crippen molar-refractivity contribution in [3.8, 4) is 0 Å². The van der Waals surface area contributed by atoms with Crippen LogP contribution in [0.15, 0.2) is 24.3 Å². The topological polar surface area (TPSA) is 96.5 Å². The van der Waals surface area contributed by atoms with Crippen molar-refractivity contribution < 1.29 is 18.8 Å². The normalized spacial score (nSPS) is 12.2. The van der Waals surface area contributed by atoms with Gasteiger partial charge in [0.1, 0.15) is 0 Å². The first-order valence-corrected chi connectivity index (χ1v) is 11.0. The lowest BCUT2D eigenvalue weighted by molar-refractivity contribution is -0.126. The third-order valence-electron chi connectivity index (χ3n) is 3.45. The molecule has 0 aromatic heterocycles. The van der Waals surface area contributed by atoms with Gasteiger partial charge in [-0.2, -0.15) is 0 Å². The van der Waals surface area contributed by atoms with Crippen LogP contribution in [0.3, 0.4) is 0 Å². The van der Waals surface area contributed by atoms with Crippen LogP contribution >= 0.6 is 11.8 Å². The first-order chi connectivity index (χ1) is 13.1. The second-order valence-electron chi connectivity index (χ2n) is 7.31. The van der Waals surface area contributed by atoms with Gasteiger partial charge >= 0.3 is 0 Å². The molecule has 154 valence electrons. The van der Waals surface area contributed by atoms with Crippen LogP contribution in [0.4, 0.5) is 10.5 Å². The lowest BCUT2D eigenvalue weighted by Gasteiger charge is -2.18. The van der Waals surface area contributed by atoms with Gasteiger partial charge in [0.05, 0.1) is 11.7 Å². The highest BCUT2D eigenvalue weighted by molar-refractivity contribution is 8.14. The van der Waals surface area contributed by atoms with E-state index in [1.165, 1.54) is 0 Å². The Morgan fingerprint density at radius 2 is 1.86 bits per heavy atom. The van der Waals surface area contributed by atoms with E-state index in [0.717, 1.165) is 29.4 Å². The third kappa shape index (κ3) is 9.91. The Morgan fingerprint density at radius 3 is 2.50 bits per heavy atom. The molecule has 0 bridgehead atoms. The monoisotopic (exact) mass is 423 g/mol. The average molecular weight is 424 g/mol. The van der Waals surface area contributed by atoms with Gasteiger partial charge < -0.3 is 9.74 Å². The van der Waals surface area contributed by atoms with Crippen molar-refractivity contribution in [2.45, 2.75) is 46.1 Å². The number of hydrazine groups is 1. The van der Waals surface area contributed by atoms with Gasteiger partial charge in [0, 0.05) is 12.3 Å². The van der Waals surface area contributed by atoms with Crippen molar-refractivity contribution in [1.82, 2.24) is 10.9 Å². The Hall–Kier alpha value is -1.84. The summed E-state index contributed by atoms with van der Waals surface area (Å²) in [6.07, 6.45) is 0.800. The molecule has 0 aliphatic rings. The molecule has 0 aliphatic heterocycles. The van der Waals surface area contributed by atoms with E-state index in [2.05, 4.69) is 36.9 Å². The summed E-state index contributed by atoms with van der Waals surface area (Å²) in [5, 5.41) is 2.34. The van der Waals surface area contributed by atoms with Crippen LogP contribution in [-0.2, 0) is 20.4 Å². The number of para-hydroxylation sites is 1. The fourth-order valence-electron chi connectivity index (χ4n) is 2.00. The molecule has 0 heterocycles. The molecule has 0 saturated heterocycles. The molecule has 0 spiro atoms. The summed E-state index contributed by atoms with van der Waals surface area (Å²) in [6, 6.07) is 7.52. The Balaban J connectivity index is 2.28. The van der Waals surface area contributed by atoms with E-state index in [-0.39, 0.29) is 29.2 Å². The Bertz CT molecular complexity index is 679. The van der Waals surface area contributed by atoms with Crippen LogP contribution in [0, 0.1) is 5.92 Å². The fourth-order valence-corrected chi connectivity index (χ4v) is 3.22. The van der Waals surface area contributed by atoms with E-state index < -0.39 is 11.2 Å². The zero-order valence-corrected chi connectivity index (χ0v) is 18.9. The molecule has 1 rings (SSSR count). The van der Waals surface area contributed by atoms with Crippen molar-refractivity contribution in [1.29, 1.82) is 0 Å². The predicted octanol–water partition coefficient (Wildman–Crippen LogP) is 3.15. The molecule has 1 aromatic carbocycles. The van der Waals surface area contributed by atoms with Gasteiger partial charge in [-0.05, 0) is 23.1 Å². The molecular formula is C19H29N3O4SSi. The number of aryl methyl sites for hydroxylation is 1. The number of hydrogen-bond donors (Lipinski definition) is 3. The lowest BCUT2D eigenvalue weighted by Crippen LogP contribution is -2.43. The molecule has 0 saturated carbocycles. The van der Waals surface area contributed by atoms with Crippen molar-refractivity contribution in [3.05, 3.63) is 29.8 Å². The van der Waals surface area contributed by atoms with Crippen LogP contribution in [0.1, 0.15) is 40.2 Å². The lowest BCUT2D eigenvalue weighted by atomic mass is 10.1. The van der Waals surface area contributed by atoms with E-state index in [9.17, 15) is 14.4 Å². The van der Waals surface area contributed by atoms with Crippen LogP contribution in [-0.4, -0.2) is 39.2 Å². The zero-order chi connectivity index (χ0) is 21.2. The summed E-state index contributed by atoms with van der Waals surface area (Å²) in [5.74, 6) is -1.06.